The van der Waals surface area contributed by atoms with Gasteiger partial charge in [-0.15, -0.1) is 0 Å². The maximum Gasteiger partial charge on any atom is 0.311 e. The number of benzene rings is 4. The second-order valence-corrected chi connectivity index (χ2v) is 10.9. The van der Waals surface area contributed by atoms with Crippen LogP contribution in [0.1, 0.15) is 29.2 Å². The number of methoxy groups -OCH3 is 1. The fourth-order valence-electron chi connectivity index (χ4n) is 4.68. The molecule has 188 valence electrons. The number of phenols is 1. The van der Waals surface area contributed by atoms with E-state index in [-0.39, 0.29) is 17.0 Å². The lowest BCUT2D eigenvalue weighted by atomic mass is 9.97. The quantitative estimate of drug-likeness (QED) is 0.265. The molecular formula is C30H22BrN3O3S. The van der Waals surface area contributed by atoms with Crippen molar-refractivity contribution in [2.45, 2.75) is 12.5 Å². The van der Waals surface area contributed by atoms with Crippen LogP contribution in [-0.2, 0) is 0 Å². The molecule has 0 aromatic heterocycles. The zero-order chi connectivity index (χ0) is 26.2. The summed E-state index contributed by atoms with van der Waals surface area (Å²) in [6.07, 6.45) is 2.42. The van der Waals surface area contributed by atoms with Gasteiger partial charge in [0.2, 0.25) is 0 Å². The number of halogens is 1. The summed E-state index contributed by atoms with van der Waals surface area (Å²) in [5.74, 6) is 1.35. The first kappa shape index (κ1) is 24.5. The zero-order valence-corrected chi connectivity index (χ0v) is 22.7. The Bertz CT molecular complexity index is 1660. The van der Waals surface area contributed by atoms with Gasteiger partial charge in [-0.1, -0.05) is 64.5 Å². The summed E-state index contributed by atoms with van der Waals surface area (Å²) in [5.41, 5.74) is 3.55. The molecule has 1 atom stereocenters. The fourth-order valence-corrected chi connectivity index (χ4v) is 5.79. The number of nitrogens with zero attached hydrogens (tertiary/aromatic N) is 3. The Morgan fingerprint density at radius 1 is 1.03 bits per heavy atom. The van der Waals surface area contributed by atoms with Crippen LogP contribution >= 0.6 is 27.7 Å². The molecule has 0 saturated carbocycles. The Morgan fingerprint density at radius 3 is 2.61 bits per heavy atom. The molecule has 4 aromatic rings. The van der Waals surface area contributed by atoms with Crippen LogP contribution in [0.15, 0.2) is 104 Å². The van der Waals surface area contributed by atoms with E-state index in [9.17, 15) is 9.90 Å². The molecule has 8 heteroatoms. The molecule has 0 saturated heterocycles. The number of aliphatic imine (C=N–C) groups is 1. The smallest absolute Gasteiger partial charge is 0.311 e. The van der Waals surface area contributed by atoms with Crippen molar-refractivity contribution in [2.75, 3.05) is 7.11 Å². The van der Waals surface area contributed by atoms with Crippen molar-refractivity contribution in [3.63, 3.8) is 0 Å². The van der Waals surface area contributed by atoms with Gasteiger partial charge in [-0.2, -0.15) is 10.1 Å². The van der Waals surface area contributed by atoms with Gasteiger partial charge in [0, 0.05) is 16.5 Å². The lowest BCUT2D eigenvalue weighted by Crippen LogP contribution is -2.26. The van der Waals surface area contributed by atoms with Crippen molar-refractivity contribution in [3.8, 4) is 11.5 Å². The van der Waals surface area contributed by atoms with Crippen LogP contribution in [0.4, 0.5) is 4.79 Å². The Morgan fingerprint density at radius 2 is 1.82 bits per heavy atom. The topological polar surface area (TPSA) is 74.5 Å². The minimum Gasteiger partial charge on any atom is -0.507 e. The molecule has 6 nitrogen and oxygen atoms in total. The molecule has 38 heavy (non-hydrogen) atoms. The van der Waals surface area contributed by atoms with Crippen LogP contribution in [0.2, 0.25) is 0 Å². The number of amidine groups is 1. The van der Waals surface area contributed by atoms with E-state index in [0.29, 0.717) is 22.7 Å². The van der Waals surface area contributed by atoms with E-state index in [2.05, 4.69) is 51.3 Å². The SMILES string of the molecule is COc1ccc(C2CC(c3ccc4ccccc4c3)=NN2C2=NC(=O)S/C2=C\c2cc(Br)ccc2O)cc1. The lowest BCUT2D eigenvalue weighted by Gasteiger charge is -2.24. The maximum atomic E-state index is 12.6. The number of carbonyl (C=O) groups excluding carboxylic acids is 1. The maximum absolute atomic E-state index is 12.6. The van der Waals surface area contributed by atoms with E-state index >= 15 is 0 Å². The van der Waals surface area contributed by atoms with Crippen molar-refractivity contribution in [2.24, 2.45) is 10.1 Å². The number of hydrazone groups is 1. The highest BCUT2D eigenvalue weighted by atomic mass is 79.9. The Hall–Kier alpha value is -3.88. The number of aromatic hydroxyl groups is 1. The van der Waals surface area contributed by atoms with Crippen molar-refractivity contribution in [1.29, 1.82) is 0 Å². The third-order valence-corrected chi connectivity index (χ3v) is 7.88. The summed E-state index contributed by atoms with van der Waals surface area (Å²) in [5, 5.41) is 19.3. The van der Waals surface area contributed by atoms with Gasteiger partial charge in [-0.3, -0.25) is 4.79 Å². The third-order valence-electron chi connectivity index (χ3n) is 6.60. The van der Waals surface area contributed by atoms with Crippen LogP contribution in [0.25, 0.3) is 16.8 Å². The predicted molar refractivity (Wildman–Crippen MR) is 157 cm³/mol. The number of amides is 1. The largest absolute Gasteiger partial charge is 0.507 e. The monoisotopic (exact) mass is 583 g/mol. The number of carbonyl (C=O) groups is 1. The second-order valence-electron chi connectivity index (χ2n) is 8.96. The highest BCUT2D eigenvalue weighted by Crippen LogP contribution is 2.41. The summed E-state index contributed by atoms with van der Waals surface area (Å²) >= 11 is 4.49. The van der Waals surface area contributed by atoms with Gasteiger partial charge in [0.25, 0.3) is 0 Å². The van der Waals surface area contributed by atoms with E-state index in [1.54, 1.807) is 31.4 Å². The first-order valence-electron chi connectivity index (χ1n) is 12.0. The number of rotatable bonds is 4. The fraction of sp³-hybridized carbons (Fsp3) is 0.100. The molecule has 2 aliphatic heterocycles. The Labute approximate surface area is 232 Å². The molecule has 6 rings (SSSR count). The number of ether oxygens (including phenoxy) is 1. The van der Waals surface area contributed by atoms with Crippen LogP contribution in [0, 0.1) is 0 Å². The summed E-state index contributed by atoms with van der Waals surface area (Å²) in [4.78, 5) is 17.5. The van der Waals surface area contributed by atoms with Gasteiger partial charge >= 0.3 is 5.24 Å². The summed E-state index contributed by atoms with van der Waals surface area (Å²) in [6.45, 7) is 0. The van der Waals surface area contributed by atoms with E-state index in [1.165, 1.54) is 5.39 Å². The summed E-state index contributed by atoms with van der Waals surface area (Å²) in [6, 6.07) is 27.5. The van der Waals surface area contributed by atoms with E-state index in [1.807, 2.05) is 41.4 Å². The molecule has 1 amide bonds. The van der Waals surface area contributed by atoms with Gasteiger partial charge in [-0.05, 0) is 76.1 Å². The van der Waals surface area contributed by atoms with E-state index < -0.39 is 0 Å². The predicted octanol–water partition coefficient (Wildman–Crippen LogP) is 7.77. The van der Waals surface area contributed by atoms with Gasteiger partial charge in [0.15, 0.2) is 5.84 Å². The van der Waals surface area contributed by atoms with Gasteiger partial charge in [0.1, 0.15) is 11.5 Å². The van der Waals surface area contributed by atoms with Crippen molar-refractivity contribution < 1.29 is 14.6 Å². The molecule has 0 fully saturated rings. The standard InChI is InChI=1S/C30H22BrN3O3S/c1-37-24-11-8-19(9-12-24)26-17-25(21-7-6-18-4-2-3-5-20(18)14-21)33-34(26)29-28(38-30(36)32-29)16-22-15-23(31)10-13-27(22)35/h2-16,26,35H,17H2,1H3/b28-16-. The summed E-state index contributed by atoms with van der Waals surface area (Å²) in [7, 11) is 1.64. The van der Waals surface area contributed by atoms with E-state index in [0.717, 1.165) is 44.2 Å². The second kappa shape index (κ2) is 10.1. The highest BCUT2D eigenvalue weighted by Gasteiger charge is 2.37. The third kappa shape index (κ3) is 4.73. The van der Waals surface area contributed by atoms with Crippen molar-refractivity contribution in [1.82, 2.24) is 5.01 Å². The average molecular weight is 584 g/mol. The molecule has 0 spiro atoms. The van der Waals surface area contributed by atoms with Crippen LogP contribution in [-0.4, -0.2) is 34.0 Å². The summed E-state index contributed by atoms with van der Waals surface area (Å²) < 4.78 is 6.18. The molecule has 4 aromatic carbocycles. The average Bonchev–Trinajstić information content (AvgIpc) is 3.54. The first-order valence-corrected chi connectivity index (χ1v) is 13.6. The molecule has 1 unspecified atom stereocenters. The number of phenolic OH excluding ortho intramolecular Hbond substituents is 1. The minimum absolute atomic E-state index is 0.119. The van der Waals surface area contributed by atoms with Gasteiger partial charge in [-0.25, -0.2) is 5.01 Å². The van der Waals surface area contributed by atoms with Crippen LogP contribution in [0.5, 0.6) is 11.5 Å². The molecule has 0 bridgehead atoms. The van der Waals surface area contributed by atoms with Gasteiger partial charge in [0.05, 0.1) is 23.8 Å². The molecule has 2 aliphatic rings. The highest BCUT2D eigenvalue weighted by molar-refractivity contribution is 9.10. The molecule has 2 heterocycles. The van der Waals surface area contributed by atoms with Crippen molar-refractivity contribution >= 4 is 61.3 Å². The normalized spacial score (nSPS) is 18.3. The van der Waals surface area contributed by atoms with Crippen LogP contribution < -0.4 is 4.74 Å². The first-order chi connectivity index (χ1) is 18.5. The number of hydrogen-bond donors (Lipinski definition) is 1. The number of fused-ring (bicyclic) bond motifs is 1. The zero-order valence-electron chi connectivity index (χ0n) is 20.3. The molecule has 0 radical (unpaired) electrons. The van der Waals surface area contributed by atoms with Crippen molar-refractivity contribution in [3.05, 3.63) is 111 Å². The molecular weight excluding hydrogens is 562 g/mol. The van der Waals surface area contributed by atoms with Crippen LogP contribution in [0.3, 0.4) is 0 Å². The Kier molecular flexibility index (Phi) is 6.51. The Balaban J connectivity index is 1.44. The lowest BCUT2D eigenvalue weighted by molar-refractivity contribution is 0.267. The van der Waals surface area contributed by atoms with E-state index in [4.69, 9.17) is 9.84 Å². The molecule has 0 aliphatic carbocycles. The number of hydrogen-bond acceptors (Lipinski definition) is 6. The molecule has 1 N–H and O–H groups in total. The van der Waals surface area contributed by atoms with Gasteiger partial charge < -0.3 is 9.84 Å². The number of thioether (sulfide) groups is 1. The minimum atomic E-state index is -0.316.